The Labute approximate surface area is 118 Å². The molecule has 1 fully saturated rings. The van der Waals surface area contributed by atoms with Gasteiger partial charge in [0.15, 0.2) is 0 Å². The van der Waals surface area contributed by atoms with Crippen LogP contribution in [-0.2, 0) is 0 Å². The second kappa shape index (κ2) is 5.68. The minimum atomic E-state index is 0.476. The van der Waals surface area contributed by atoms with Crippen molar-refractivity contribution in [3.8, 4) is 0 Å². The summed E-state index contributed by atoms with van der Waals surface area (Å²) < 4.78 is 0. The van der Waals surface area contributed by atoms with Gasteiger partial charge in [-0.05, 0) is 26.2 Å². The van der Waals surface area contributed by atoms with Gasteiger partial charge >= 0.3 is 0 Å². The molecule has 1 N–H and O–H groups in total. The minimum Gasteiger partial charge on any atom is -0.351 e. The predicted octanol–water partition coefficient (Wildman–Crippen LogP) is 0.682. The van der Waals surface area contributed by atoms with Crippen molar-refractivity contribution in [2.45, 2.75) is 6.04 Å². The van der Waals surface area contributed by atoms with Crippen LogP contribution in [-0.4, -0.2) is 71.3 Å². The Morgan fingerprint density at radius 2 is 1.95 bits per heavy atom. The molecule has 0 spiro atoms. The first-order valence-corrected chi connectivity index (χ1v) is 6.94. The molecule has 2 aromatic rings. The molecule has 6 heteroatoms. The maximum Gasteiger partial charge on any atom is 0.243 e. The second-order valence-electron chi connectivity index (χ2n) is 5.40. The van der Waals surface area contributed by atoms with Crippen molar-refractivity contribution in [1.82, 2.24) is 25.0 Å². The Balaban J connectivity index is 1.67. The molecule has 0 radical (unpaired) electrons. The zero-order valence-corrected chi connectivity index (χ0v) is 12.0. The third kappa shape index (κ3) is 2.86. The molecular weight excluding hydrogens is 252 g/mol. The SMILES string of the molecule is CN1CCN(C)C(CNc2nnc3ccccc3n2)C1. The lowest BCUT2D eigenvalue weighted by Crippen LogP contribution is -2.52. The molecule has 0 saturated carbocycles. The molecule has 1 aliphatic rings. The molecule has 106 valence electrons. The van der Waals surface area contributed by atoms with Crippen LogP contribution in [0.4, 0.5) is 5.95 Å². The van der Waals surface area contributed by atoms with Crippen LogP contribution >= 0.6 is 0 Å². The van der Waals surface area contributed by atoms with Crippen LogP contribution in [0, 0.1) is 0 Å². The number of piperazine rings is 1. The Kier molecular flexibility index (Phi) is 3.75. The van der Waals surface area contributed by atoms with Crippen LogP contribution in [0.1, 0.15) is 0 Å². The van der Waals surface area contributed by atoms with E-state index in [0.717, 1.165) is 37.2 Å². The second-order valence-corrected chi connectivity index (χ2v) is 5.40. The number of anilines is 1. The summed E-state index contributed by atoms with van der Waals surface area (Å²) in [5, 5.41) is 11.6. The molecule has 1 atom stereocenters. The summed E-state index contributed by atoms with van der Waals surface area (Å²) in [6.45, 7) is 4.12. The molecule has 6 nitrogen and oxygen atoms in total. The van der Waals surface area contributed by atoms with Gasteiger partial charge in [0.05, 0.1) is 5.52 Å². The highest BCUT2D eigenvalue weighted by atomic mass is 15.3. The van der Waals surface area contributed by atoms with Crippen LogP contribution in [0.2, 0.25) is 0 Å². The Morgan fingerprint density at radius 3 is 2.80 bits per heavy atom. The van der Waals surface area contributed by atoms with Gasteiger partial charge in [-0.3, -0.25) is 4.90 Å². The number of para-hydroxylation sites is 1. The summed E-state index contributed by atoms with van der Waals surface area (Å²) in [5.41, 5.74) is 1.70. The van der Waals surface area contributed by atoms with E-state index in [9.17, 15) is 0 Å². The number of fused-ring (bicyclic) bond motifs is 1. The third-order valence-corrected chi connectivity index (χ3v) is 3.84. The first-order chi connectivity index (χ1) is 9.72. The van der Waals surface area contributed by atoms with E-state index in [-0.39, 0.29) is 0 Å². The van der Waals surface area contributed by atoms with Gasteiger partial charge in [-0.2, -0.15) is 0 Å². The van der Waals surface area contributed by atoms with Crippen molar-refractivity contribution >= 4 is 17.0 Å². The number of aromatic nitrogens is 3. The summed E-state index contributed by atoms with van der Waals surface area (Å²) in [6.07, 6.45) is 0. The zero-order valence-electron chi connectivity index (χ0n) is 12.0. The van der Waals surface area contributed by atoms with Gasteiger partial charge < -0.3 is 10.2 Å². The number of benzene rings is 1. The van der Waals surface area contributed by atoms with E-state index < -0.39 is 0 Å². The fraction of sp³-hybridized carbons (Fsp3) is 0.500. The average Bonchev–Trinajstić information content (AvgIpc) is 2.48. The van der Waals surface area contributed by atoms with E-state index in [1.807, 2.05) is 24.3 Å². The molecule has 1 aliphatic heterocycles. The number of hydrogen-bond acceptors (Lipinski definition) is 6. The first kappa shape index (κ1) is 13.2. The normalized spacial score (nSPS) is 21.2. The summed E-state index contributed by atoms with van der Waals surface area (Å²) in [7, 11) is 4.33. The number of nitrogens with one attached hydrogen (secondary N) is 1. The summed E-state index contributed by atoms with van der Waals surface area (Å²) in [5.74, 6) is 0.602. The lowest BCUT2D eigenvalue weighted by Gasteiger charge is -2.37. The zero-order chi connectivity index (χ0) is 13.9. The van der Waals surface area contributed by atoms with Crippen molar-refractivity contribution < 1.29 is 0 Å². The molecule has 1 aromatic heterocycles. The summed E-state index contributed by atoms with van der Waals surface area (Å²) in [6, 6.07) is 8.26. The predicted molar refractivity (Wildman–Crippen MR) is 79.7 cm³/mol. The van der Waals surface area contributed by atoms with Gasteiger partial charge in [-0.25, -0.2) is 4.98 Å². The van der Waals surface area contributed by atoms with E-state index >= 15 is 0 Å². The monoisotopic (exact) mass is 272 g/mol. The Hall–Kier alpha value is -1.79. The minimum absolute atomic E-state index is 0.476. The van der Waals surface area contributed by atoms with E-state index in [1.165, 1.54) is 0 Å². The van der Waals surface area contributed by atoms with Gasteiger partial charge in [-0.1, -0.05) is 12.1 Å². The molecule has 1 aromatic carbocycles. The topological polar surface area (TPSA) is 57.2 Å². The average molecular weight is 272 g/mol. The highest BCUT2D eigenvalue weighted by molar-refractivity contribution is 5.73. The first-order valence-electron chi connectivity index (χ1n) is 6.94. The van der Waals surface area contributed by atoms with Crippen molar-refractivity contribution in [1.29, 1.82) is 0 Å². The van der Waals surface area contributed by atoms with E-state index in [1.54, 1.807) is 0 Å². The quantitative estimate of drug-likeness (QED) is 0.887. The fourth-order valence-corrected chi connectivity index (χ4v) is 2.49. The van der Waals surface area contributed by atoms with Crippen molar-refractivity contribution in [2.24, 2.45) is 0 Å². The number of rotatable bonds is 3. The van der Waals surface area contributed by atoms with E-state index in [4.69, 9.17) is 0 Å². The maximum absolute atomic E-state index is 4.49. The van der Waals surface area contributed by atoms with E-state index in [0.29, 0.717) is 12.0 Å². The fourth-order valence-electron chi connectivity index (χ4n) is 2.49. The molecular formula is C14H20N6. The smallest absolute Gasteiger partial charge is 0.243 e. The Morgan fingerprint density at radius 1 is 1.15 bits per heavy atom. The molecule has 1 unspecified atom stereocenters. The van der Waals surface area contributed by atoms with Crippen molar-refractivity contribution in [3.05, 3.63) is 24.3 Å². The molecule has 1 saturated heterocycles. The maximum atomic E-state index is 4.49. The number of nitrogens with zero attached hydrogens (tertiary/aromatic N) is 5. The number of hydrogen-bond donors (Lipinski definition) is 1. The molecule has 3 rings (SSSR count). The van der Waals surface area contributed by atoms with Crippen molar-refractivity contribution in [2.75, 3.05) is 45.6 Å². The van der Waals surface area contributed by atoms with Gasteiger partial charge in [0.25, 0.3) is 0 Å². The lowest BCUT2D eigenvalue weighted by molar-refractivity contribution is 0.121. The van der Waals surface area contributed by atoms with Gasteiger partial charge in [0, 0.05) is 32.2 Å². The van der Waals surface area contributed by atoms with Crippen LogP contribution in [0.5, 0.6) is 0 Å². The molecule has 0 bridgehead atoms. The highest BCUT2D eigenvalue weighted by Crippen LogP contribution is 2.10. The Bertz CT molecular complexity index is 587. The van der Waals surface area contributed by atoms with Gasteiger partial charge in [0.1, 0.15) is 5.52 Å². The van der Waals surface area contributed by atoms with Crippen molar-refractivity contribution in [3.63, 3.8) is 0 Å². The molecule has 0 aliphatic carbocycles. The standard InChI is InChI=1S/C14H20N6/c1-19-7-8-20(2)11(10-19)9-15-14-16-12-5-3-4-6-13(12)17-18-14/h3-6,11H,7-10H2,1-2H3,(H,15,16,18). The van der Waals surface area contributed by atoms with E-state index in [2.05, 4.69) is 44.4 Å². The third-order valence-electron chi connectivity index (χ3n) is 3.84. The van der Waals surface area contributed by atoms with Crippen LogP contribution in [0.3, 0.4) is 0 Å². The van der Waals surface area contributed by atoms with Crippen LogP contribution in [0.15, 0.2) is 24.3 Å². The largest absolute Gasteiger partial charge is 0.351 e. The highest BCUT2D eigenvalue weighted by Gasteiger charge is 2.21. The summed E-state index contributed by atoms with van der Waals surface area (Å²) >= 11 is 0. The van der Waals surface area contributed by atoms with Gasteiger partial charge in [0.2, 0.25) is 5.95 Å². The number of likely N-dealkylation sites (N-methyl/N-ethyl adjacent to an activating group) is 2. The van der Waals surface area contributed by atoms with Crippen LogP contribution < -0.4 is 5.32 Å². The van der Waals surface area contributed by atoms with Crippen LogP contribution in [0.25, 0.3) is 11.0 Å². The molecule has 0 amide bonds. The molecule has 2 heterocycles. The summed E-state index contributed by atoms with van der Waals surface area (Å²) in [4.78, 5) is 9.22. The molecule has 20 heavy (non-hydrogen) atoms. The lowest BCUT2D eigenvalue weighted by atomic mass is 10.2. The van der Waals surface area contributed by atoms with Gasteiger partial charge in [-0.15, -0.1) is 10.2 Å².